The molecule has 1 aliphatic heterocycles. The quantitative estimate of drug-likeness (QED) is 0.820. The average molecular weight is 359 g/mol. The first-order valence-electron chi connectivity index (χ1n) is 7.48. The van der Waals surface area contributed by atoms with Crippen molar-refractivity contribution in [1.82, 2.24) is 15.1 Å². The molecule has 1 fully saturated rings. The van der Waals surface area contributed by atoms with E-state index in [1.54, 1.807) is 6.20 Å². The molecule has 0 bridgehead atoms. The van der Waals surface area contributed by atoms with Crippen LogP contribution in [0.15, 0.2) is 15.5 Å². The highest BCUT2D eigenvalue weighted by Gasteiger charge is 2.28. The highest BCUT2D eigenvalue weighted by molar-refractivity contribution is 9.10. The average Bonchev–Trinajstić information content (AvgIpc) is 2.51. The molecule has 0 aromatic carbocycles. The summed E-state index contributed by atoms with van der Waals surface area (Å²) in [4.78, 5) is 14.5. The Bertz CT molecular complexity index is 534. The predicted molar refractivity (Wildman–Crippen MR) is 86.8 cm³/mol. The number of halogens is 1. The fourth-order valence-corrected chi connectivity index (χ4v) is 3.24. The number of hydrogen-bond acceptors (Lipinski definition) is 5. The van der Waals surface area contributed by atoms with E-state index in [0.717, 1.165) is 31.6 Å². The Balaban J connectivity index is 2.34. The van der Waals surface area contributed by atoms with Gasteiger partial charge >= 0.3 is 0 Å². The van der Waals surface area contributed by atoms with E-state index in [1.807, 2.05) is 0 Å². The maximum absolute atomic E-state index is 12.3. The molecule has 0 aliphatic carbocycles. The molecule has 0 amide bonds. The lowest BCUT2D eigenvalue weighted by molar-refractivity contribution is 0.266. The van der Waals surface area contributed by atoms with E-state index < -0.39 is 0 Å². The SMILES string of the molecule is CCC1CN(c2cnn(CCO)c(=O)c2Br)C(CC)CN1. The molecule has 2 N–H and O–H groups in total. The highest BCUT2D eigenvalue weighted by atomic mass is 79.9. The van der Waals surface area contributed by atoms with E-state index >= 15 is 0 Å². The summed E-state index contributed by atoms with van der Waals surface area (Å²) in [5, 5.41) is 16.7. The van der Waals surface area contributed by atoms with E-state index in [2.05, 4.69) is 45.1 Å². The Kier molecular flexibility index (Phi) is 5.78. The zero-order valence-electron chi connectivity index (χ0n) is 12.5. The molecule has 6 nitrogen and oxygen atoms in total. The Morgan fingerprint density at radius 2 is 2.24 bits per heavy atom. The maximum Gasteiger partial charge on any atom is 0.283 e. The molecule has 1 aliphatic rings. The number of aliphatic hydroxyl groups is 1. The lowest BCUT2D eigenvalue weighted by Crippen LogP contribution is -2.56. The fourth-order valence-electron chi connectivity index (χ4n) is 2.71. The predicted octanol–water partition coefficient (Wildman–Crippen LogP) is 0.965. The van der Waals surface area contributed by atoms with Crippen molar-refractivity contribution in [2.75, 3.05) is 24.6 Å². The fraction of sp³-hybridized carbons (Fsp3) is 0.714. The molecule has 7 heteroatoms. The second kappa shape index (κ2) is 7.38. The Morgan fingerprint density at radius 1 is 1.48 bits per heavy atom. The Morgan fingerprint density at radius 3 is 2.86 bits per heavy atom. The first-order chi connectivity index (χ1) is 10.1. The van der Waals surface area contributed by atoms with Crippen LogP contribution in [-0.2, 0) is 6.54 Å². The van der Waals surface area contributed by atoms with Gasteiger partial charge in [-0.25, -0.2) is 4.68 Å². The third-order valence-electron chi connectivity index (χ3n) is 4.05. The van der Waals surface area contributed by atoms with Crippen LogP contribution in [0.4, 0.5) is 5.69 Å². The van der Waals surface area contributed by atoms with Crippen LogP contribution in [0.2, 0.25) is 0 Å². The van der Waals surface area contributed by atoms with Crippen molar-refractivity contribution < 1.29 is 5.11 Å². The number of aromatic nitrogens is 2. The van der Waals surface area contributed by atoms with Crippen molar-refractivity contribution in [2.24, 2.45) is 0 Å². The normalized spacial score (nSPS) is 22.6. The Hall–Kier alpha value is -0.920. The summed E-state index contributed by atoms with van der Waals surface area (Å²) in [6.45, 7) is 6.23. The summed E-state index contributed by atoms with van der Waals surface area (Å²) in [6.07, 6.45) is 3.79. The zero-order valence-corrected chi connectivity index (χ0v) is 14.1. The summed E-state index contributed by atoms with van der Waals surface area (Å²) in [5.74, 6) is 0. The van der Waals surface area contributed by atoms with Gasteiger partial charge in [0.1, 0.15) is 4.47 Å². The van der Waals surface area contributed by atoms with Gasteiger partial charge in [0.2, 0.25) is 0 Å². The van der Waals surface area contributed by atoms with Gasteiger partial charge in [0.25, 0.3) is 5.56 Å². The minimum atomic E-state index is -0.192. The van der Waals surface area contributed by atoms with Gasteiger partial charge in [-0.3, -0.25) is 4.79 Å². The van der Waals surface area contributed by atoms with Crippen LogP contribution in [0.5, 0.6) is 0 Å². The molecule has 118 valence electrons. The minimum Gasteiger partial charge on any atom is -0.394 e. The van der Waals surface area contributed by atoms with E-state index in [9.17, 15) is 4.79 Å². The maximum atomic E-state index is 12.3. The summed E-state index contributed by atoms with van der Waals surface area (Å²) < 4.78 is 1.81. The topological polar surface area (TPSA) is 70.4 Å². The third kappa shape index (κ3) is 3.46. The summed E-state index contributed by atoms with van der Waals surface area (Å²) in [6, 6.07) is 0.790. The molecule has 2 rings (SSSR count). The van der Waals surface area contributed by atoms with Crippen LogP contribution in [0.25, 0.3) is 0 Å². The van der Waals surface area contributed by atoms with E-state index in [0.29, 0.717) is 16.6 Å². The number of nitrogens with one attached hydrogen (secondary N) is 1. The van der Waals surface area contributed by atoms with Crippen LogP contribution >= 0.6 is 15.9 Å². The smallest absolute Gasteiger partial charge is 0.283 e. The second-order valence-electron chi connectivity index (χ2n) is 5.32. The molecule has 2 heterocycles. The van der Waals surface area contributed by atoms with Gasteiger partial charge in [0, 0.05) is 25.2 Å². The molecule has 2 atom stereocenters. The van der Waals surface area contributed by atoms with Crippen LogP contribution in [0.3, 0.4) is 0 Å². The van der Waals surface area contributed by atoms with Crippen LogP contribution in [0, 0.1) is 0 Å². The lowest BCUT2D eigenvalue weighted by Gasteiger charge is -2.41. The molecular formula is C14H23BrN4O2. The van der Waals surface area contributed by atoms with Gasteiger partial charge in [-0.05, 0) is 28.8 Å². The standard InChI is InChI=1S/C14H23BrN4O2/c1-3-10-9-18(11(4-2)7-16-10)12-8-17-19(5-6-20)14(21)13(12)15/h8,10-11,16,20H,3-7,9H2,1-2H3. The third-order valence-corrected chi connectivity index (χ3v) is 4.80. The molecule has 2 unspecified atom stereocenters. The highest BCUT2D eigenvalue weighted by Crippen LogP contribution is 2.26. The first kappa shape index (κ1) is 16.5. The van der Waals surface area contributed by atoms with Crippen LogP contribution < -0.4 is 15.8 Å². The molecule has 0 radical (unpaired) electrons. The number of rotatable bonds is 5. The van der Waals surface area contributed by atoms with Gasteiger partial charge < -0.3 is 15.3 Å². The molecular weight excluding hydrogens is 336 g/mol. The van der Waals surface area contributed by atoms with Crippen LogP contribution in [-0.4, -0.2) is 46.7 Å². The molecule has 0 spiro atoms. The number of aliphatic hydroxyl groups excluding tert-OH is 1. The van der Waals surface area contributed by atoms with Crippen molar-refractivity contribution in [1.29, 1.82) is 0 Å². The van der Waals surface area contributed by atoms with Crippen molar-refractivity contribution in [3.63, 3.8) is 0 Å². The van der Waals surface area contributed by atoms with Gasteiger partial charge in [-0.2, -0.15) is 5.10 Å². The van der Waals surface area contributed by atoms with E-state index in [-0.39, 0.29) is 18.7 Å². The van der Waals surface area contributed by atoms with E-state index in [1.165, 1.54) is 4.68 Å². The molecule has 1 saturated heterocycles. The second-order valence-corrected chi connectivity index (χ2v) is 6.12. The number of piperazine rings is 1. The van der Waals surface area contributed by atoms with Crippen molar-refractivity contribution in [2.45, 2.75) is 45.3 Å². The number of nitrogens with zero attached hydrogens (tertiary/aromatic N) is 3. The molecule has 1 aromatic rings. The van der Waals surface area contributed by atoms with E-state index in [4.69, 9.17) is 5.11 Å². The summed E-state index contributed by atoms with van der Waals surface area (Å²) in [5.41, 5.74) is 0.656. The zero-order chi connectivity index (χ0) is 15.4. The first-order valence-corrected chi connectivity index (χ1v) is 8.28. The number of hydrogen-bond donors (Lipinski definition) is 2. The van der Waals surface area contributed by atoms with Gasteiger partial charge in [-0.15, -0.1) is 0 Å². The van der Waals surface area contributed by atoms with Crippen molar-refractivity contribution >= 4 is 21.6 Å². The minimum absolute atomic E-state index is 0.0954. The van der Waals surface area contributed by atoms with Gasteiger partial charge in [0.05, 0.1) is 25.0 Å². The monoisotopic (exact) mass is 358 g/mol. The van der Waals surface area contributed by atoms with Crippen molar-refractivity contribution in [3.8, 4) is 0 Å². The summed E-state index contributed by atoms with van der Waals surface area (Å²) >= 11 is 3.42. The van der Waals surface area contributed by atoms with Crippen molar-refractivity contribution in [3.05, 3.63) is 21.0 Å². The molecule has 0 saturated carbocycles. The van der Waals surface area contributed by atoms with Gasteiger partial charge in [0.15, 0.2) is 0 Å². The lowest BCUT2D eigenvalue weighted by atomic mass is 10.0. The summed E-state index contributed by atoms with van der Waals surface area (Å²) in [7, 11) is 0. The van der Waals surface area contributed by atoms with Gasteiger partial charge in [-0.1, -0.05) is 13.8 Å². The Labute approximate surface area is 133 Å². The largest absolute Gasteiger partial charge is 0.394 e. The number of anilines is 1. The molecule has 1 aromatic heterocycles. The van der Waals surface area contributed by atoms with Crippen LogP contribution in [0.1, 0.15) is 26.7 Å². The molecule has 21 heavy (non-hydrogen) atoms.